The minimum Gasteiger partial charge on any atom is -0.497 e. The number of amides is 1. The van der Waals surface area contributed by atoms with Gasteiger partial charge in [-0.15, -0.1) is 0 Å². The van der Waals surface area contributed by atoms with Crippen LogP contribution in [0.4, 0.5) is 0 Å². The second-order valence-electron chi connectivity index (χ2n) is 4.36. The maximum atomic E-state index is 11.7. The average Bonchev–Trinajstić information content (AvgIpc) is 2.92. The van der Waals surface area contributed by atoms with Gasteiger partial charge in [-0.3, -0.25) is 14.7 Å². The zero-order valence-corrected chi connectivity index (χ0v) is 12.2. The second kappa shape index (κ2) is 7.11. The third kappa shape index (κ3) is 3.98. The van der Waals surface area contributed by atoms with Gasteiger partial charge in [-0.2, -0.15) is 5.10 Å². The van der Waals surface area contributed by atoms with Gasteiger partial charge in [0.05, 0.1) is 26.9 Å². The quantitative estimate of drug-likeness (QED) is 0.530. The number of carbonyl (C=O) groups is 1. The number of hydrazone groups is 1. The van der Waals surface area contributed by atoms with E-state index in [1.165, 1.54) is 19.4 Å². The van der Waals surface area contributed by atoms with Gasteiger partial charge >= 0.3 is 0 Å². The molecule has 0 fully saturated rings. The number of hydrogen-bond acceptors (Lipinski definition) is 5. The summed E-state index contributed by atoms with van der Waals surface area (Å²) in [5.74, 6) is 0.890. The van der Waals surface area contributed by atoms with Crippen LogP contribution in [0.5, 0.6) is 11.5 Å². The summed E-state index contributed by atoms with van der Waals surface area (Å²) < 4.78 is 10.3. The number of aromatic amines is 2. The first-order chi connectivity index (χ1) is 10.6. The molecule has 0 saturated carbocycles. The molecule has 8 heteroatoms. The van der Waals surface area contributed by atoms with E-state index in [0.29, 0.717) is 22.8 Å². The highest BCUT2D eigenvalue weighted by atomic mass is 16.5. The van der Waals surface area contributed by atoms with E-state index in [0.717, 1.165) is 0 Å². The maximum absolute atomic E-state index is 11.7. The lowest BCUT2D eigenvalue weighted by Crippen LogP contribution is -2.20. The molecule has 0 unspecified atom stereocenters. The monoisotopic (exact) mass is 304 g/mol. The van der Waals surface area contributed by atoms with Gasteiger partial charge in [-0.1, -0.05) is 0 Å². The van der Waals surface area contributed by atoms with Crippen LogP contribution in [-0.4, -0.2) is 36.5 Å². The first kappa shape index (κ1) is 15.4. The van der Waals surface area contributed by atoms with Crippen LogP contribution in [0.2, 0.25) is 0 Å². The van der Waals surface area contributed by atoms with Crippen LogP contribution in [0.25, 0.3) is 0 Å². The summed E-state index contributed by atoms with van der Waals surface area (Å²) in [6.45, 7) is 0. The first-order valence-electron chi connectivity index (χ1n) is 6.43. The van der Waals surface area contributed by atoms with Crippen LogP contribution in [0, 0.1) is 0 Å². The standard InChI is InChI=1S/C14H16N4O4/c1-21-11-4-3-9(12(7-11)22-2)8-15-17-13(19)5-10-6-14(20)18-16-10/h3-4,6-8H,5H2,1-2H3,(H,17,19)(H2,16,18,20). The van der Waals surface area contributed by atoms with Crippen molar-refractivity contribution >= 4 is 12.1 Å². The van der Waals surface area contributed by atoms with Gasteiger partial charge in [0.2, 0.25) is 5.91 Å². The summed E-state index contributed by atoms with van der Waals surface area (Å²) >= 11 is 0. The highest BCUT2D eigenvalue weighted by molar-refractivity contribution is 5.85. The lowest BCUT2D eigenvalue weighted by Gasteiger charge is -2.06. The molecule has 0 aliphatic carbocycles. The van der Waals surface area contributed by atoms with Gasteiger partial charge in [-0.05, 0) is 12.1 Å². The lowest BCUT2D eigenvalue weighted by atomic mass is 10.2. The van der Waals surface area contributed by atoms with Crippen molar-refractivity contribution in [3.63, 3.8) is 0 Å². The Bertz CT molecular complexity index is 732. The molecule has 2 rings (SSSR count). The van der Waals surface area contributed by atoms with Crippen molar-refractivity contribution in [1.29, 1.82) is 0 Å². The molecule has 3 N–H and O–H groups in total. The summed E-state index contributed by atoms with van der Waals surface area (Å²) in [6, 6.07) is 6.55. The van der Waals surface area contributed by atoms with E-state index in [9.17, 15) is 9.59 Å². The molecule has 2 aromatic rings. The van der Waals surface area contributed by atoms with Gasteiger partial charge in [0, 0.05) is 23.4 Å². The highest BCUT2D eigenvalue weighted by Crippen LogP contribution is 2.22. The second-order valence-corrected chi connectivity index (χ2v) is 4.36. The smallest absolute Gasteiger partial charge is 0.264 e. The molecule has 1 aromatic carbocycles. The molecule has 22 heavy (non-hydrogen) atoms. The third-order valence-corrected chi connectivity index (χ3v) is 2.84. The molecule has 1 amide bonds. The van der Waals surface area contributed by atoms with Crippen LogP contribution in [0.15, 0.2) is 34.2 Å². The van der Waals surface area contributed by atoms with Crippen LogP contribution < -0.4 is 20.5 Å². The number of ether oxygens (including phenoxy) is 2. The van der Waals surface area contributed by atoms with E-state index in [2.05, 4.69) is 20.7 Å². The molecule has 1 aromatic heterocycles. The Kier molecular flexibility index (Phi) is 4.97. The molecule has 1 heterocycles. The fraction of sp³-hybridized carbons (Fsp3) is 0.214. The average molecular weight is 304 g/mol. The zero-order valence-electron chi connectivity index (χ0n) is 12.2. The Morgan fingerprint density at radius 3 is 2.73 bits per heavy atom. The number of nitrogens with one attached hydrogen (secondary N) is 3. The summed E-state index contributed by atoms with van der Waals surface area (Å²) in [5, 5.41) is 8.81. The topological polar surface area (TPSA) is 109 Å². The molecule has 0 atom stereocenters. The van der Waals surface area contributed by atoms with Crippen molar-refractivity contribution in [2.24, 2.45) is 5.10 Å². The minimum absolute atomic E-state index is 0.0236. The fourth-order valence-corrected chi connectivity index (χ4v) is 1.78. The van der Waals surface area contributed by atoms with E-state index in [1.54, 1.807) is 25.3 Å². The number of rotatable bonds is 6. The predicted molar refractivity (Wildman–Crippen MR) is 80.4 cm³/mol. The number of nitrogens with zero attached hydrogens (tertiary/aromatic N) is 1. The Morgan fingerprint density at radius 1 is 1.27 bits per heavy atom. The largest absolute Gasteiger partial charge is 0.497 e. The summed E-state index contributed by atoms with van der Waals surface area (Å²) in [7, 11) is 3.10. The zero-order chi connectivity index (χ0) is 15.9. The van der Waals surface area contributed by atoms with E-state index in [-0.39, 0.29) is 17.9 Å². The molecular weight excluding hydrogens is 288 g/mol. The first-order valence-corrected chi connectivity index (χ1v) is 6.43. The normalized spacial score (nSPS) is 10.6. The van der Waals surface area contributed by atoms with Crippen molar-refractivity contribution < 1.29 is 14.3 Å². The van der Waals surface area contributed by atoms with Gasteiger partial charge in [0.15, 0.2) is 0 Å². The summed E-state index contributed by atoms with van der Waals surface area (Å²) in [6.07, 6.45) is 1.49. The van der Waals surface area contributed by atoms with Crippen LogP contribution in [0.1, 0.15) is 11.3 Å². The SMILES string of the molecule is COc1ccc(C=NNC(=O)Cc2cc(=O)[nH][nH]2)c(OC)c1. The molecule has 0 bridgehead atoms. The van der Waals surface area contributed by atoms with Crippen molar-refractivity contribution in [3.8, 4) is 11.5 Å². The Hall–Kier alpha value is -3.03. The molecule has 8 nitrogen and oxygen atoms in total. The third-order valence-electron chi connectivity index (χ3n) is 2.84. The van der Waals surface area contributed by atoms with Gasteiger partial charge in [0.1, 0.15) is 11.5 Å². The van der Waals surface area contributed by atoms with Crippen LogP contribution >= 0.6 is 0 Å². The van der Waals surface area contributed by atoms with E-state index in [4.69, 9.17) is 9.47 Å². The Morgan fingerprint density at radius 2 is 2.09 bits per heavy atom. The summed E-state index contributed by atoms with van der Waals surface area (Å²) in [5.41, 5.74) is 3.27. The number of aromatic nitrogens is 2. The van der Waals surface area contributed by atoms with Crippen molar-refractivity contribution in [3.05, 3.63) is 45.9 Å². The van der Waals surface area contributed by atoms with E-state index >= 15 is 0 Å². The van der Waals surface area contributed by atoms with Crippen molar-refractivity contribution in [1.82, 2.24) is 15.6 Å². The number of benzene rings is 1. The van der Waals surface area contributed by atoms with E-state index in [1.807, 2.05) is 0 Å². The Balaban J connectivity index is 1.97. The molecular formula is C14H16N4O4. The number of carbonyl (C=O) groups excluding carboxylic acids is 1. The van der Waals surface area contributed by atoms with Crippen LogP contribution in [0.3, 0.4) is 0 Å². The molecule has 116 valence electrons. The highest BCUT2D eigenvalue weighted by Gasteiger charge is 2.05. The molecule has 0 saturated heterocycles. The summed E-state index contributed by atoms with van der Waals surface area (Å²) in [4.78, 5) is 22.6. The van der Waals surface area contributed by atoms with Crippen molar-refractivity contribution in [2.75, 3.05) is 14.2 Å². The van der Waals surface area contributed by atoms with E-state index < -0.39 is 0 Å². The number of methoxy groups -OCH3 is 2. The maximum Gasteiger partial charge on any atom is 0.264 e. The fourth-order valence-electron chi connectivity index (χ4n) is 1.78. The molecule has 0 aliphatic heterocycles. The molecule has 0 aliphatic rings. The number of H-pyrrole nitrogens is 2. The lowest BCUT2D eigenvalue weighted by molar-refractivity contribution is -0.120. The van der Waals surface area contributed by atoms with Gasteiger partial charge < -0.3 is 14.6 Å². The minimum atomic E-state index is -0.348. The Labute approximate surface area is 126 Å². The molecule has 0 spiro atoms. The van der Waals surface area contributed by atoms with Gasteiger partial charge in [-0.25, -0.2) is 5.43 Å². The van der Waals surface area contributed by atoms with Crippen molar-refractivity contribution in [2.45, 2.75) is 6.42 Å². The number of hydrogen-bond donors (Lipinski definition) is 3. The predicted octanol–water partition coefficient (Wildman–Crippen LogP) is 0.413. The van der Waals surface area contributed by atoms with Crippen LogP contribution in [-0.2, 0) is 11.2 Å². The molecule has 0 radical (unpaired) electrons. The van der Waals surface area contributed by atoms with Gasteiger partial charge in [0.25, 0.3) is 5.56 Å².